The van der Waals surface area contributed by atoms with Crippen LogP contribution in [0.1, 0.15) is 24.0 Å². The van der Waals surface area contributed by atoms with E-state index >= 15 is 0 Å². The van der Waals surface area contributed by atoms with E-state index in [1.165, 1.54) is 25.0 Å². The van der Waals surface area contributed by atoms with E-state index in [2.05, 4.69) is 17.3 Å². The molecule has 0 heterocycles. The summed E-state index contributed by atoms with van der Waals surface area (Å²) in [5.41, 5.74) is 1.06. The molecule has 2 rings (SSSR count). The average molecular weight is 247 g/mol. The molecule has 1 aromatic carbocycles. The fourth-order valence-corrected chi connectivity index (χ4v) is 1.96. The van der Waals surface area contributed by atoms with Gasteiger partial charge in [-0.05, 0) is 38.1 Å². The Morgan fingerprint density at radius 2 is 2.28 bits per heavy atom. The zero-order valence-electron chi connectivity index (χ0n) is 10.6. The number of hydrogen-bond donors (Lipinski definition) is 1. The first kappa shape index (κ1) is 13.0. The topological polar surface area (TPSA) is 39.1 Å². The van der Waals surface area contributed by atoms with Gasteiger partial charge in [0, 0.05) is 31.2 Å². The highest BCUT2D eigenvalue weighted by atomic mass is 19.1. The molecule has 1 N–H and O–H groups in total. The lowest BCUT2D eigenvalue weighted by molar-refractivity contribution is 0.321. The van der Waals surface area contributed by atoms with Gasteiger partial charge in [-0.2, -0.15) is 5.26 Å². The summed E-state index contributed by atoms with van der Waals surface area (Å²) in [6, 6.07) is 7.24. The summed E-state index contributed by atoms with van der Waals surface area (Å²) in [5.74, 6) is -0.253. The van der Waals surface area contributed by atoms with E-state index in [0.29, 0.717) is 17.7 Å². The minimum absolute atomic E-state index is 0.253. The van der Waals surface area contributed by atoms with E-state index in [-0.39, 0.29) is 5.82 Å². The van der Waals surface area contributed by atoms with Crippen molar-refractivity contribution < 1.29 is 4.39 Å². The normalized spacial score (nSPS) is 14.8. The van der Waals surface area contributed by atoms with E-state index in [4.69, 9.17) is 5.26 Å². The Morgan fingerprint density at radius 3 is 2.94 bits per heavy atom. The Balaban J connectivity index is 1.77. The summed E-state index contributed by atoms with van der Waals surface area (Å²) in [6.07, 6.45) is 2.60. The molecule has 1 aromatic rings. The second kappa shape index (κ2) is 5.94. The first-order chi connectivity index (χ1) is 8.70. The van der Waals surface area contributed by atoms with Crippen LogP contribution in [0.3, 0.4) is 0 Å². The molecule has 0 radical (unpaired) electrons. The predicted molar refractivity (Wildman–Crippen MR) is 68.5 cm³/mol. The van der Waals surface area contributed by atoms with Crippen LogP contribution in [0.5, 0.6) is 0 Å². The molecular formula is C14H18FN3. The van der Waals surface area contributed by atoms with Crippen molar-refractivity contribution in [3.63, 3.8) is 0 Å². The van der Waals surface area contributed by atoms with Crippen molar-refractivity contribution >= 4 is 0 Å². The summed E-state index contributed by atoms with van der Waals surface area (Å²) >= 11 is 0. The van der Waals surface area contributed by atoms with Crippen LogP contribution in [0.25, 0.3) is 0 Å². The molecular weight excluding hydrogens is 229 g/mol. The second-order valence-corrected chi connectivity index (χ2v) is 4.81. The maximum atomic E-state index is 13.5. The zero-order valence-corrected chi connectivity index (χ0v) is 10.6. The number of benzene rings is 1. The maximum absolute atomic E-state index is 13.5. The van der Waals surface area contributed by atoms with E-state index in [1.807, 2.05) is 6.07 Å². The molecule has 96 valence electrons. The molecule has 1 fully saturated rings. The molecule has 0 aromatic heterocycles. The fourth-order valence-electron chi connectivity index (χ4n) is 1.96. The van der Waals surface area contributed by atoms with Gasteiger partial charge < -0.3 is 10.2 Å². The number of nitrogens with zero attached hydrogens (tertiary/aromatic N) is 2. The molecule has 0 spiro atoms. The molecule has 0 saturated heterocycles. The third-order valence-electron chi connectivity index (χ3n) is 3.30. The molecule has 4 heteroatoms. The Morgan fingerprint density at radius 1 is 1.50 bits per heavy atom. The summed E-state index contributed by atoms with van der Waals surface area (Å²) in [5, 5.41) is 12.0. The van der Waals surface area contributed by atoms with Gasteiger partial charge in [0.2, 0.25) is 0 Å². The number of nitrogens with one attached hydrogen (secondary N) is 1. The van der Waals surface area contributed by atoms with E-state index < -0.39 is 0 Å². The molecule has 1 aliphatic rings. The lowest BCUT2D eigenvalue weighted by Crippen LogP contribution is -2.30. The fraction of sp³-hybridized carbons (Fsp3) is 0.500. The SMILES string of the molecule is CN(CCNCc1cc(C#N)ccc1F)C1CC1. The van der Waals surface area contributed by atoms with Crippen LogP contribution in [-0.2, 0) is 6.54 Å². The van der Waals surface area contributed by atoms with Crippen LogP contribution < -0.4 is 5.32 Å². The molecule has 0 bridgehead atoms. The third-order valence-corrected chi connectivity index (χ3v) is 3.30. The summed E-state index contributed by atoms with van der Waals surface area (Å²) < 4.78 is 13.5. The van der Waals surface area contributed by atoms with Gasteiger partial charge >= 0.3 is 0 Å². The standard InChI is InChI=1S/C14H18FN3/c1-18(13-3-4-13)7-6-17-10-12-8-11(9-16)2-5-14(12)15/h2,5,8,13,17H,3-4,6-7,10H2,1H3. The Labute approximate surface area is 107 Å². The molecule has 0 unspecified atom stereocenters. The first-order valence-electron chi connectivity index (χ1n) is 6.30. The summed E-state index contributed by atoms with van der Waals surface area (Å²) in [4.78, 5) is 2.33. The third kappa shape index (κ3) is 3.52. The Kier molecular flexibility index (Phi) is 4.29. The van der Waals surface area contributed by atoms with Crippen molar-refractivity contribution in [3.8, 4) is 6.07 Å². The lowest BCUT2D eigenvalue weighted by Gasteiger charge is -2.15. The Hall–Kier alpha value is -1.44. The van der Waals surface area contributed by atoms with Crippen molar-refractivity contribution in [3.05, 3.63) is 35.1 Å². The molecule has 1 aliphatic carbocycles. The quantitative estimate of drug-likeness (QED) is 0.780. The molecule has 0 aliphatic heterocycles. The Bertz CT molecular complexity index is 449. The molecule has 18 heavy (non-hydrogen) atoms. The van der Waals surface area contributed by atoms with Gasteiger partial charge in [0.1, 0.15) is 5.82 Å². The summed E-state index contributed by atoms with van der Waals surface area (Å²) in [6.45, 7) is 2.29. The van der Waals surface area contributed by atoms with Crippen LogP contribution in [0, 0.1) is 17.1 Å². The first-order valence-corrected chi connectivity index (χ1v) is 6.30. The number of rotatable bonds is 6. The minimum Gasteiger partial charge on any atom is -0.311 e. The second-order valence-electron chi connectivity index (χ2n) is 4.81. The highest BCUT2D eigenvalue weighted by molar-refractivity contribution is 5.33. The van der Waals surface area contributed by atoms with Crippen molar-refractivity contribution in [2.75, 3.05) is 20.1 Å². The molecule has 0 atom stereocenters. The van der Waals surface area contributed by atoms with E-state index in [9.17, 15) is 4.39 Å². The average Bonchev–Trinajstić information content (AvgIpc) is 3.20. The van der Waals surface area contributed by atoms with Gasteiger partial charge in [0.15, 0.2) is 0 Å². The van der Waals surface area contributed by atoms with Gasteiger partial charge in [-0.1, -0.05) is 0 Å². The van der Waals surface area contributed by atoms with Crippen molar-refractivity contribution in [1.29, 1.82) is 5.26 Å². The monoisotopic (exact) mass is 247 g/mol. The zero-order chi connectivity index (χ0) is 13.0. The van der Waals surface area contributed by atoms with Gasteiger partial charge in [-0.15, -0.1) is 0 Å². The van der Waals surface area contributed by atoms with Gasteiger partial charge in [-0.25, -0.2) is 4.39 Å². The van der Waals surface area contributed by atoms with Gasteiger partial charge in [0.25, 0.3) is 0 Å². The van der Waals surface area contributed by atoms with E-state index in [1.54, 1.807) is 6.07 Å². The smallest absolute Gasteiger partial charge is 0.127 e. The molecule has 0 amide bonds. The number of nitriles is 1. The largest absolute Gasteiger partial charge is 0.311 e. The molecule has 1 saturated carbocycles. The maximum Gasteiger partial charge on any atom is 0.127 e. The van der Waals surface area contributed by atoms with Gasteiger partial charge in [0.05, 0.1) is 11.6 Å². The van der Waals surface area contributed by atoms with Crippen molar-refractivity contribution in [2.45, 2.75) is 25.4 Å². The highest BCUT2D eigenvalue weighted by Crippen LogP contribution is 2.24. The van der Waals surface area contributed by atoms with Crippen molar-refractivity contribution in [2.24, 2.45) is 0 Å². The highest BCUT2D eigenvalue weighted by Gasteiger charge is 2.25. The van der Waals surface area contributed by atoms with E-state index in [0.717, 1.165) is 19.1 Å². The van der Waals surface area contributed by atoms with Gasteiger partial charge in [-0.3, -0.25) is 0 Å². The number of likely N-dealkylation sites (N-methyl/N-ethyl adjacent to an activating group) is 1. The van der Waals surface area contributed by atoms with Crippen molar-refractivity contribution in [1.82, 2.24) is 10.2 Å². The van der Waals surface area contributed by atoms with Crippen LogP contribution in [-0.4, -0.2) is 31.1 Å². The van der Waals surface area contributed by atoms with Crippen LogP contribution in [0.4, 0.5) is 4.39 Å². The van der Waals surface area contributed by atoms with Crippen LogP contribution >= 0.6 is 0 Å². The number of hydrogen-bond acceptors (Lipinski definition) is 3. The minimum atomic E-state index is -0.253. The molecule has 3 nitrogen and oxygen atoms in total. The van der Waals surface area contributed by atoms with Crippen LogP contribution in [0.15, 0.2) is 18.2 Å². The predicted octanol–water partition coefficient (Wildman–Crippen LogP) is 1.88. The lowest BCUT2D eigenvalue weighted by atomic mass is 10.1. The number of halogens is 1. The summed E-state index contributed by atoms with van der Waals surface area (Å²) in [7, 11) is 2.12. The van der Waals surface area contributed by atoms with Crippen LogP contribution in [0.2, 0.25) is 0 Å².